The maximum absolute atomic E-state index is 12.2. The Morgan fingerprint density at radius 3 is 2.48 bits per heavy atom. The summed E-state index contributed by atoms with van der Waals surface area (Å²) in [7, 11) is -1.96. The molecule has 1 heterocycles. The van der Waals surface area contributed by atoms with Crippen molar-refractivity contribution >= 4 is 27.1 Å². The summed E-state index contributed by atoms with van der Waals surface area (Å²) in [6.45, 7) is 1.43. The summed E-state index contributed by atoms with van der Waals surface area (Å²) in [6.07, 6.45) is 2.93. The standard InChI is InChI=1S/C14H19N3O5S/c1-15(10-14(18)16-7-3-4-8-16)12-6-5-11(23(2,21)22)9-13(12)17(19)20/h5-6,9H,3-4,7-8,10H2,1-2H3. The Hall–Kier alpha value is -2.16. The first kappa shape index (κ1) is 17.2. The summed E-state index contributed by atoms with van der Waals surface area (Å²) in [5.41, 5.74) is -0.111. The van der Waals surface area contributed by atoms with Crippen LogP contribution >= 0.6 is 0 Å². The molecule has 0 spiro atoms. The zero-order valence-electron chi connectivity index (χ0n) is 13.1. The molecule has 1 fully saturated rings. The first-order chi connectivity index (χ1) is 10.7. The lowest BCUT2D eigenvalue weighted by Gasteiger charge is -2.22. The number of hydrogen-bond acceptors (Lipinski definition) is 6. The van der Waals surface area contributed by atoms with Gasteiger partial charge in [-0.3, -0.25) is 14.9 Å². The van der Waals surface area contributed by atoms with E-state index in [1.54, 1.807) is 11.9 Å². The third-order valence-corrected chi connectivity index (χ3v) is 4.92. The van der Waals surface area contributed by atoms with E-state index in [4.69, 9.17) is 0 Å². The van der Waals surface area contributed by atoms with Crippen molar-refractivity contribution in [2.45, 2.75) is 17.7 Å². The monoisotopic (exact) mass is 341 g/mol. The zero-order chi connectivity index (χ0) is 17.2. The van der Waals surface area contributed by atoms with Crippen LogP contribution in [0.1, 0.15) is 12.8 Å². The smallest absolute Gasteiger partial charge is 0.293 e. The maximum atomic E-state index is 12.2. The summed E-state index contributed by atoms with van der Waals surface area (Å²) in [5.74, 6) is -0.0912. The van der Waals surface area contributed by atoms with Crippen LogP contribution in [0.5, 0.6) is 0 Å². The minimum absolute atomic E-state index is 0.0130. The molecule has 0 atom stereocenters. The average Bonchev–Trinajstić information content (AvgIpc) is 2.99. The Morgan fingerprint density at radius 2 is 1.96 bits per heavy atom. The SMILES string of the molecule is CN(CC(=O)N1CCCC1)c1ccc(S(C)(=O)=O)cc1[N+](=O)[O-]. The van der Waals surface area contributed by atoms with Gasteiger partial charge in [0, 0.05) is 32.5 Å². The van der Waals surface area contributed by atoms with Crippen LogP contribution in [0.2, 0.25) is 0 Å². The second-order valence-corrected chi connectivity index (χ2v) is 7.64. The van der Waals surface area contributed by atoms with E-state index in [1.807, 2.05) is 0 Å². The van der Waals surface area contributed by atoms with Crippen LogP contribution in [-0.4, -0.2) is 57.1 Å². The van der Waals surface area contributed by atoms with E-state index in [-0.39, 0.29) is 28.7 Å². The first-order valence-corrected chi connectivity index (χ1v) is 9.06. The molecule has 1 aromatic carbocycles. The van der Waals surface area contributed by atoms with Gasteiger partial charge in [-0.15, -0.1) is 0 Å². The fraction of sp³-hybridized carbons (Fsp3) is 0.500. The second-order valence-electron chi connectivity index (χ2n) is 5.62. The van der Waals surface area contributed by atoms with E-state index in [0.29, 0.717) is 13.1 Å². The summed E-state index contributed by atoms with van der Waals surface area (Å²) < 4.78 is 23.1. The van der Waals surface area contributed by atoms with Crippen molar-refractivity contribution in [3.05, 3.63) is 28.3 Å². The normalized spacial score (nSPS) is 14.8. The van der Waals surface area contributed by atoms with E-state index in [2.05, 4.69) is 0 Å². The number of carbonyl (C=O) groups is 1. The van der Waals surface area contributed by atoms with Gasteiger partial charge in [0.25, 0.3) is 5.69 Å². The Balaban J connectivity index is 2.27. The van der Waals surface area contributed by atoms with E-state index >= 15 is 0 Å². The van der Waals surface area contributed by atoms with Gasteiger partial charge in [0.15, 0.2) is 9.84 Å². The quantitative estimate of drug-likeness (QED) is 0.586. The Bertz CT molecular complexity index is 726. The molecule has 0 unspecified atom stereocenters. The Kier molecular flexibility index (Phi) is 4.88. The van der Waals surface area contributed by atoms with Gasteiger partial charge in [-0.1, -0.05) is 0 Å². The molecule has 0 N–H and O–H groups in total. The number of likely N-dealkylation sites (tertiary alicyclic amines) is 1. The second kappa shape index (κ2) is 6.53. The first-order valence-electron chi connectivity index (χ1n) is 7.17. The topological polar surface area (TPSA) is 101 Å². The van der Waals surface area contributed by atoms with Crippen LogP contribution in [0.4, 0.5) is 11.4 Å². The molecule has 9 heteroatoms. The number of anilines is 1. The van der Waals surface area contributed by atoms with Crippen LogP contribution in [0.15, 0.2) is 23.1 Å². The van der Waals surface area contributed by atoms with Crippen molar-refractivity contribution in [1.82, 2.24) is 4.90 Å². The molecule has 1 aliphatic rings. The van der Waals surface area contributed by atoms with Gasteiger partial charge >= 0.3 is 0 Å². The van der Waals surface area contributed by atoms with Gasteiger partial charge in [-0.05, 0) is 25.0 Å². The van der Waals surface area contributed by atoms with Gasteiger partial charge in [0.1, 0.15) is 5.69 Å². The van der Waals surface area contributed by atoms with Crippen LogP contribution in [-0.2, 0) is 14.6 Å². The number of rotatable bonds is 5. The van der Waals surface area contributed by atoms with E-state index in [9.17, 15) is 23.3 Å². The molecule has 8 nitrogen and oxygen atoms in total. The van der Waals surface area contributed by atoms with E-state index in [1.165, 1.54) is 17.0 Å². The molecule has 23 heavy (non-hydrogen) atoms. The molecule has 1 amide bonds. The summed E-state index contributed by atoms with van der Waals surface area (Å²) in [6, 6.07) is 3.71. The number of nitrogens with zero attached hydrogens (tertiary/aromatic N) is 3. The lowest BCUT2D eigenvalue weighted by atomic mass is 10.2. The lowest BCUT2D eigenvalue weighted by Crippen LogP contribution is -2.37. The van der Waals surface area contributed by atoms with Crippen molar-refractivity contribution in [2.75, 3.05) is 37.8 Å². The third kappa shape index (κ3) is 3.98. The number of likely N-dealkylation sites (N-methyl/N-ethyl adjacent to an activating group) is 1. The summed E-state index contributed by atoms with van der Waals surface area (Å²) in [4.78, 5) is 25.8. The number of nitro groups is 1. The predicted octanol–water partition coefficient (Wildman–Crippen LogP) is 1.06. The number of sulfone groups is 1. The minimum Gasteiger partial charge on any atom is -0.360 e. The molecular weight excluding hydrogens is 322 g/mol. The van der Waals surface area contributed by atoms with Gasteiger partial charge in [0.2, 0.25) is 5.91 Å². The molecule has 1 saturated heterocycles. The Labute approximate surface area is 134 Å². The minimum atomic E-state index is -3.54. The third-order valence-electron chi connectivity index (χ3n) is 3.81. The maximum Gasteiger partial charge on any atom is 0.293 e. The summed E-state index contributed by atoms with van der Waals surface area (Å²) in [5, 5.41) is 11.2. The highest BCUT2D eigenvalue weighted by molar-refractivity contribution is 7.90. The van der Waals surface area contributed by atoms with Crippen molar-refractivity contribution < 1.29 is 18.1 Å². The zero-order valence-corrected chi connectivity index (χ0v) is 13.9. The average molecular weight is 341 g/mol. The van der Waals surface area contributed by atoms with Gasteiger partial charge < -0.3 is 9.80 Å². The highest BCUT2D eigenvalue weighted by Crippen LogP contribution is 2.30. The lowest BCUT2D eigenvalue weighted by molar-refractivity contribution is -0.384. The molecular formula is C14H19N3O5S. The van der Waals surface area contributed by atoms with Crippen LogP contribution in [0.3, 0.4) is 0 Å². The molecule has 1 aliphatic heterocycles. The van der Waals surface area contributed by atoms with E-state index < -0.39 is 14.8 Å². The fourth-order valence-electron chi connectivity index (χ4n) is 2.56. The van der Waals surface area contributed by atoms with Crippen LogP contribution < -0.4 is 4.90 Å². The molecule has 1 aromatic rings. The molecule has 0 radical (unpaired) electrons. The highest BCUT2D eigenvalue weighted by atomic mass is 32.2. The molecule has 126 valence electrons. The highest BCUT2D eigenvalue weighted by Gasteiger charge is 2.24. The number of carbonyl (C=O) groups excluding carboxylic acids is 1. The van der Waals surface area contributed by atoms with Gasteiger partial charge in [-0.2, -0.15) is 0 Å². The number of benzene rings is 1. The molecule has 0 saturated carbocycles. The van der Waals surface area contributed by atoms with Crippen LogP contribution in [0.25, 0.3) is 0 Å². The largest absolute Gasteiger partial charge is 0.360 e. The van der Waals surface area contributed by atoms with E-state index in [0.717, 1.165) is 25.2 Å². The molecule has 2 rings (SSSR count). The fourth-order valence-corrected chi connectivity index (χ4v) is 3.20. The van der Waals surface area contributed by atoms with Crippen molar-refractivity contribution in [3.8, 4) is 0 Å². The van der Waals surface area contributed by atoms with Crippen molar-refractivity contribution in [3.63, 3.8) is 0 Å². The predicted molar refractivity (Wildman–Crippen MR) is 85.3 cm³/mol. The summed E-state index contributed by atoms with van der Waals surface area (Å²) >= 11 is 0. The number of amides is 1. The number of hydrogen-bond donors (Lipinski definition) is 0. The van der Waals surface area contributed by atoms with Crippen LogP contribution in [0, 0.1) is 10.1 Å². The van der Waals surface area contributed by atoms with Crippen molar-refractivity contribution in [2.24, 2.45) is 0 Å². The van der Waals surface area contributed by atoms with Gasteiger partial charge in [0.05, 0.1) is 16.4 Å². The van der Waals surface area contributed by atoms with Gasteiger partial charge in [-0.25, -0.2) is 8.42 Å². The Morgan fingerprint density at radius 1 is 1.35 bits per heavy atom. The number of nitro benzene ring substituents is 1. The van der Waals surface area contributed by atoms with Crippen molar-refractivity contribution in [1.29, 1.82) is 0 Å². The molecule has 0 bridgehead atoms. The molecule has 0 aromatic heterocycles. The molecule has 0 aliphatic carbocycles.